The Morgan fingerprint density at radius 2 is 1.93 bits per heavy atom. The third kappa shape index (κ3) is 3.57. The maximum atomic E-state index is 12.7. The Kier molecular flexibility index (Phi) is 4.42. The first-order chi connectivity index (χ1) is 13.1. The van der Waals surface area contributed by atoms with Crippen molar-refractivity contribution in [3.8, 4) is 11.5 Å². The lowest BCUT2D eigenvalue weighted by Crippen LogP contribution is -2.42. The van der Waals surface area contributed by atoms with Gasteiger partial charge in [-0.2, -0.15) is 0 Å². The van der Waals surface area contributed by atoms with Crippen molar-refractivity contribution in [1.29, 1.82) is 0 Å². The highest BCUT2D eigenvalue weighted by Crippen LogP contribution is 2.29. The highest BCUT2D eigenvalue weighted by Gasteiger charge is 2.26. The van der Waals surface area contributed by atoms with Crippen molar-refractivity contribution in [3.63, 3.8) is 0 Å². The van der Waals surface area contributed by atoms with Gasteiger partial charge in [-0.1, -0.05) is 29.8 Å². The van der Waals surface area contributed by atoms with Gasteiger partial charge in [-0.3, -0.25) is 9.59 Å². The molecule has 1 N–H and O–H groups in total. The molecule has 0 saturated heterocycles. The van der Waals surface area contributed by atoms with E-state index in [1.165, 1.54) is 4.90 Å². The number of nitrogens with zero attached hydrogens (tertiary/aromatic N) is 3. The van der Waals surface area contributed by atoms with Crippen LogP contribution in [0.2, 0.25) is 0 Å². The predicted octanol–water partition coefficient (Wildman–Crippen LogP) is 2.96. The summed E-state index contributed by atoms with van der Waals surface area (Å²) in [5.74, 6) is 0.461. The first-order valence-corrected chi connectivity index (χ1v) is 8.69. The second kappa shape index (κ2) is 7.03. The smallest absolute Gasteiger partial charge is 0.247 e. The molecule has 0 spiro atoms. The van der Waals surface area contributed by atoms with Gasteiger partial charge in [0.25, 0.3) is 0 Å². The molecule has 4 rings (SSSR count). The van der Waals surface area contributed by atoms with Gasteiger partial charge in [0.05, 0.1) is 11.4 Å². The lowest BCUT2D eigenvalue weighted by molar-refractivity contribution is -0.121. The second-order valence-electron chi connectivity index (χ2n) is 6.41. The van der Waals surface area contributed by atoms with Gasteiger partial charge in [0.15, 0.2) is 0 Å². The normalized spacial score (nSPS) is 13.2. The second-order valence-corrected chi connectivity index (χ2v) is 6.41. The summed E-state index contributed by atoms with van der Waals surface area (Å²) in [4.78, 5) is 26.0. The van der Waals surface area contributed by atoms with E-state index < -0.39 is 0 Å². The van der Waals surface area contributed by atoms with Gasteiger partial charge in [-0.25, -0.2) is 0 Å². The van der Waals surface area contributed by atoms with Crippen molar-refractivity contribution in [3.05, 3.63) is 60.0 Å². The van der Waals surface area contributed by atoms with Crippen LogP contribution in [-0.2, 0) is 16.0 Å². The van der Waals surface area contributed by atoms with E-state index in [0.717, 1.165) is 11.1 Å². The molecule has 0 bridgehead atoms. The van der Waals surface area contributed by atoms with Crippen LogP contribution in [-0.4, -0.2) is 28.6 Å². The minimum Gasteiger partial charge on any atom is -0.421 e. The number of aromatic nitrogens is 2. The number of fused-ring (bicyclic) bond motifs is 1. The Hall–Kier alpha value is -3.48. The molecule has 1 aliphatic rings. The summed E-state index contributed by atoms with van der Waals surface area (Å²) < 4.78 is 5.67. The van der Waals surface area contributed by atoms with Gasteiger partial charge in [0.2, 0.25) is 23.6 Å². The Bertz CT molecular complexity index is 994. The number of aryl methyl sites for hydroxylation is 2. The van der Waals surface area contributed by atoms with Gasteiger partial charge >= 0.3 is 0 Å². The van der Waals surface area contributed by atoms with Crippen LogP contribution in [0.4, 0.5) is 11.4 Å². The van der Waals surface area contributed by atoms with Crippen molar-refractivity contribution >= 4 is 23.2 Å². The Balaban J connectivity index is 1.44. The van der Waals surface area contributed by atoms with Crippen LogP contribution >= 0.6 is 0 Å². The van der Waals surface area contributed by atoms with Gasteiger partial charge in [-0.15, -0.1) is 10.2 Å². The molecule has 0 unspecified atom stereocenters. The molecule has 0 atom stereocenters. The molecule has 0 fully saturated rings. The molecule has 1 aromatic heterocycles. The summed E-state index contributed by atoms with van der Waals surface area (Å²) in [6.07, 6.45) is 0.495. The molecular weight excluding hydrogens is 344 g/mol. The maximum Gasteiger partial charge on any atom is 0.247 e. The molecule has 136 valence electrons. The Labute approximate surface area is 156 Å². The van der Waals surface area contributed by atoms with Crippen molar-refractivity contribution in [2.75, 3.05) is 16.8 Å². The van der Waals surface area contributed by atoms with Gasteiger partial charge < -0.3 is 14.6 Å². The molecule has 7 heteroatoms. The Morgan fingerprint density at radius 1 is 1.15 bits per heavy atom. The lowest BCUT2D eigenvalue weighted by Gasteiger charge is -2.29. The fourth-order valence-corrected chi connectivity index (χ4v) is 2.97. The molecule has 3 aromatic rings. The fraction of sp³-hybridized carbons (Fsp3) is 0.200. The summed E-state index contributed by atoms with van der Waals surface area (Å²) >= 11 is 0. The van der Waals surface area contributed by atoms with Gasteiger partial charge in [0, 0.05) is 18.4 Å². The van der Waals surface area contributed by atoms with Crippen LogP contribution in [0.1, 0.15) is 17.9 Å². The third-order valence-electron chi connectivity index (χ3n) is 4.39. The average Bonchev–Trinajstić information content (AvgIpc) is 3.15. The van der Waals surface area contributed by atoms with Crippen LogP contribution in [0, 0.1) is 6.92 Å². The molecule has 2 amide bonds. The number of benzene rings is 2. The first-order valence-electron chi connectivity index (χ1n) is 8.69. The van der Waals surface area contributed by atoms with E-state index in [4.69, 9.17) is 4.42 Å². The molecule has 0 aliphatic carbocycles. The quantitative estimate of drug-likeness (QED) is 0.771. The molecule has 7 nitrogen and oxygen atoms in total. The Morgan fingerprint density at radius 3 is 2.74 bits per heavy atom. The minimum absolute atomic E-state index is 0.00823. The molecule has 2 aromatic carbocycles. The van der Waals surface area contributed by atoms with Crippen molar-refractivity contribution in [2.24, 2.45) is 0 Å². The molecule has 0 radical (unpaired) electrons. The van der Waals surface area contributed by atoms with E-state index in [2.05, 4.69) is 15.5 Å². The number of nitrogens with one attached hydrogen (secondary N) is 1. The van der Waals surface area contributed by atoms with Crippen LogP contribution in [0.25, 0.3) is 11.5 Å². The largest absolute Gasteiger partial charge is 0.421 e. The van der Waals surface area contributed by atoms with Crippen molar-refractivity contribution in [2.45, 2.75) is 19.8 Å². The molecule has 1 aliphatic heterocycles. The lowest BCUT2D eigenvalue weighted by atomic mass is 10.1. The number of para-hydroxylation sites is 2. The standard InChI is InChI=1S/C20H18N4O3/c1-13-6-8-14(9-7-13)20-23-22-18(27-20)10-11-19(26)24-12-17(25)21-15-4-2-3-5-16(15)24/h2-9H,10-12H2,1H3,(H,21,25). The minimum atomic E-state index is -0.207. The zero-order valence-electron chi connectivity index (χ0n) is 14.8. The highest BCUT2D eigenvalue weighted by atomic mass is 16.4. The number of hydrogen-bond acceptors (Lipinski definition) is 5. The van der Waals surface area contributed by atoms with Crippen LogP contribution in [0.15, 0.2) is 52.9 Å². The van der Waals surface area contributed by atoms with E-state index in [1.807, 2.05) is 49.4 Å². The number of carbonyl (C=O) groups excluding carboxylic acids is 2. The zero-order chi connectivity index (χ0) is 18.8. The van der Waals surface area contributed by atoms with Gasteiger partial charge in [0.1, 0.15) is 6.54 Å². The van der Waals surface area contributed by atoms with Crippen LogP contribution in [0.3, 0.4) is 0 Å². The highest BCUT2D eigenvalue weighted by molar-refractivity contribution is 6.09. The average molecular weight is 362 g/mol. The molecule has 2 heterocycles. The van der Waals surface area contributed by atoms with Crippen molar-refractivity contribution < 1.29 is 14.0 Å². The van der Waals surface area contributed by atoms with E-state index in [1.54, 1.807) is 6.07 Å². The zero-order valence-corrected chi connectivity index (χ0v) is 14.8. The summed E-state index contributed by atoms with van der Waals surface area (Å²) in [5, 5.41) is 10.8. The third-order valence-corrected chi connectivity index (χ3v) is 4.39. The number of hydrogen-bond donors (Lipinski definition) is 1. The van der Waals surface area contributed by atoms with Crippen molar-refractivity contribution in [1.82, 2.24) is 10.2 Å². The summed E-state index contributed by atoms with van der Waals surface area (Å²) in [5.41, 5.74) is 3.33. The fourth-order valence-electron chi connectivity index (χ4n) is 2.97. The molecular formula is C20H18N4O3. The number of carbonyl (C=O) groups is 2. The number of anilines is 2. The number of amides is 2. The monoisotopic (exact) mass is 362 g/mol. The van der Waals surface area contributed by atoms with E-state index in [-0.39, 0.29) is 24.8 Å². The van der Waals surface area contributed by atoms with Crippen LogP contribution in [0.5, 0.6) is 0 Å². The summed E-state index contributed by atoms with van der Waals surface area (Å²) in [7, 11) is 0. The van der Waals surface area contributed by atoms with Gasteiger partial charge in [-0.05, 0) is 31.2 Å². The van der Waals surface area contributed by atoms with E-state index in [9.17, 15) is 9.59 Å². The topological polar surface area (TPSA) is 88.3 Å². The van der Waals surface area contributed by atoms with Crippen LogP contribution < -0.4 is 10.2 Å². The summed E-state index contributed by atoms with van der Waals surface area (Å²) in [6, 6.07) is 15.0. The summed E-state index contributed by atoms with van der Waals surface area (Å²) in [6.45, 7) is 2.02. The predicted molar refractivity (Wildman–Crippen MR) is 100 cm³/mol. The first kappa shape index (κ1) is 17.0. The molecule has 0 saturated carbocycles. The van der Waals surface area contributed by atoms with E-state index in [0.29, 0.717) is 29.6 Å². The maximum absolute atomic E-state index is 12.7. The SMILES string of the molecule is Cc1ccc(-c2nnc(CCC(=O)N3CC(=O)Nc4ccccc43)o2)cc1. The van der Waals surface area contributed by atoms with E-state index >= 15 is 0 Å². The molecule has 27 heavy (non-hydrogen) atoms. The number of rotatable bonds is 4.